The van der Waals surface area contributed by atoms with Gasteiger partial charge in [-0.1, -0.05) is 34.1 Å². The summed E-state index contributed by atoms with van der Waals surface area (Å²) in [6.45, 7) is 0. The maximum Gasteiger partial charge on any atom is 0.137 e. The molecule has 0 aliphatic carbocycles. The number of benzene rings is 1. The van der Waals surface area contributed by atoms with E-state index >= 15 is 0 Å². The van der Waals surface area contributed by atoms with Gasteiger partial charge in [0.25, 0.3) is 0 Å². The molecule has 0 radical (unpaired) electrons. The van der Waals surface area contributed by atoms with Crippen LogP contribution in [0.1, 0.15) is 11.3 Å². The Labute approximate surface area is 113 Å². The summed E-state index contributed by atoms with van der Waals surface area (Å²) in [6, 6.07) is 11.6. The highest BCUT2D eigenvalue weighted by Gasteiger charge is 2.05. The van der Waals surface area contributed by atoms with Gasteiger partial charge in [-0.05, 0) is 23.8 Å². The number of rotatable bonds is 2. The Morgan fingerprint density at radius 2 is 1.94 bits per heavy atom. The lowest BCUT2D eigenvalue weighted by Gasteiger charge is -2.00. The van der Waals surface area contributed by atoms with E-state index in [1.807, 2.05) is 28.8 Å². The van der Waals surface area contributed by atoms with Gasteiger partial charge in [0.15, 0.2) is 0 Å². The largest absolute Gasteiger partial charge is 0.506 e. The average Bonchev–Trinajstić information content (AvgIpc) is 2.73. The van der Waals surface area contributed by atoms with Gasteiger partial charge in [-0.25, -0.2) is 4.98 Å². The van der Waals surface area contributed by atoms with Crippen LogP contribution in [0.4, 0.5) is 0 Å². The van der Waals surface area contributed by atoms with Gasteiger partial charge in [0, 0.05) is 17.1 Å². The summed E-state index contributed by atoms with van der Waals surface area (Å²) in [7, 11) is 0. The molecule has 2 heterocycles. The van der Waals surface area contributed by atoms with Crippen LogP contribution < -0.4 is 0 Å². The topological polar surface area (TPSA) is 37.5 Å². The fraction of sp³-hybridized carbons (Fsp3) is 0.0714. The van der Waals surface area contributed by atoms with Crippen molar-refractivity contribution in [1.82, 2.24) is 9.38 Å². The fourth-order valence-electron chi connectivity index (χ4n) is 1.95. The Morgan fingerprint density at radius 3 is 2.78 bits per heavy atom. The molecule has 0 spiro atoms. The van der Waals surface area contributed by atoms with Crippen LogP contribution in [-0.4, -0.2) is 14.5 Å². The van der Waals surface area contributed by atoms with Gasteiger partial charge in [0.2, 0.25) is 0 Å². The van der Waals surface area contributed by atoms with E-state index < -0.39 is 0 Å². The third-order valence-corrected chi connectivity index (χ3v) is 3.59. The van der Waals surface area contributed by atoms with E-state index in [1.165, 1.54) is 5.56 Å². The molecule has 3 rings (SSSR count). The number of pyridine rings is 1. The minimum atomic E-state index is 0.243. The Morgan fingerprint density at radius 1 is 1.11 bits per heavy atom. The number of imidazole rings is 1. The summed E-state index contributed by atoms with van der Waals surface area (Å²) < 4.78 is 2.92. The van der Waals surface area contributed by atoms with Crippen molar-refractivity contribution < 1.29 is 5.11 Å². The molecule has 4 heteroatoms. The van der Waals surface area contributed by atoms with Crippen LogP contribution in [0.5, 0.6) is 5.75 Å². The molecule has 0 aliphatic heterocycles. The third-order valence-electron chi connectivity index (χ3n) is 2.81. The number of aromatic hydroxyl groups is 1. The predicted octanol–water partition coefficient (Wildman–Crippen LogP) is 3.39. The first-order chi connectivity index (χ1) is 8.72. The van der Waals surface area contributed by atoms with E-state index in [0.717, 1.165) is 22.2 Å². The number of hydrogen-bond acceptors (Lipinski definition) is 2. The molecule has 0 amide bonds. The summed E-state index contributed by atoms with van der Waals surface area (Å²) in [5.41, 5.74) is 3.02. The van der Waals surface area contributed by atoms with Crippen molar-refractivity contribution in [3.8, 4) is 5.75 Å². The van der Waals surface area contributed by atoms with Gasteiger partial charge in [0.1, 0.15) is 11.4 Å². The highest BCUT2D eigenvalue weighted by Crippen LogP contribution is 2.20. The summed E-state index contributed by atoms with van der Waals surface area (Å²) in [6.07, 6.45) is 4.37. The number of hydrogen-bond donors (Lipinski definition) is 1. The maximum atomic E-state index is 9.42. The molecule has 1 aromatic carbocycles. The zero-order chi connectivity index (χ0) is 12.5. The number of aromatic nitrogens is 2. The van der Waals surface area contributed by atoms with Gasteiger partial charge in [0.05, 0.1) is 11.9 Å². The number of halogens is 1. The molecule has 0 bridgehead atoms. The van der Waals surface area contributed by atoms with Crippen molar-refractivity contribution in [3.05, 3.63) is 64.5 Å². The molecule has 1 N–H and O–H groups in total. The summed E-state index contributed by atoms with van der Waals surface area (Å²) in [5.74, 6) is 0.243. The summed E-state index contributed by atoms with van der Waals surface area (Å²) in [5, 5.41) is 9.42. The predicted molar refractivity (Wildman–Crippen MR) is 73.8 cm³/mol. The lowest BCUT2D eigenvalue weighted by atomic mass is 10.1. The van der Waals surface area contributed by atoms with Crippen LogP contribution in [0.15, 0.2) is 53.3 Å². The Balaban J connectivity index is 1.98. The second kappa shape index (κ2) is 4.46. The molecule has 2 aromatic heterocycles. The Kier molecular flexibility index (Phi) is 2.80. The summed E-state index contributed by atoms with van der Waals surface area (Å²) in [4.78, 5) is 4.52. The lowest BCUT2D eigenvalue weighted by Crippen LogP contribution is -1.88. The zero-order valence-electron chi connectivity index (χ0n) is 9.55. The molecule has 0 unspecified atom stereocenters. The van der Waals surface area contributed by atoms with Gasteiger partial charge < -0.3 is 9.51 Å². The minimum Gasteiger partial charge on any atom is -0.506 e. The molecular formula is C14H11BrN2O. The van der Waals surface area contributed by atoms with E-state index in [0.29, 0.717) is 0 Å². The van der Waals surface area contributed by atoms with Gasteiger partial charge in [-0.15, -0.1) is 0 Å². The molecule has 18 heavy (non-hydrogen) atoms. The SMILES string of the molecule is Oc1ccc2nc(Cc3ccccc3Br)cn2c1. The summed E-state index contributed by atoms with van der Waals surface area (Å²) >= 11 is 3.53. The van der Waals surface area contributed by atoms with Crippen LogP contribution in [0.3, 0.4) is 0 Å². The lowest BCUT2D eigenvalue weighted by molar-refractivity contribution is 0.472. The van der Waals surface area contributed by atoms with Crippen molar-refractivity contribution in [2.75, 3.05) is 0 Å². The smallest absolute Gasteiger partial charge is 0.137 e. The molecule has 90 valence electrons. The van der Waals surface area contributed by atoms with Crippen molar-refractivity contribution in [2.45, 2.75) is 6.42 Å². The van der Waals surface area contributed by atoms with Crippen molar-refractivity contribution in [3.63, 3.8) is 0 Å². The van der Waals surface area contributed by atoms with Crippen molar-refractivity contribution in [2.24, 2.45) is 0 Å². The van der Waals surface area contributed by atoms with Crippen LogP contribution in [0.2, 0.25) is 0 Å². The second-order valence-corrected chi connectivity index (χ2v) is 5.01. The van der Waals surface area contributed by atoms with Crippen LogP contribution in [0.25, 0.3) is 5.65 Å². The Hall–Kier alpha value is -1.81. The Bertz CT molecular complexity index is 706. The van der Waals surface area contributed by atoms with E-state index in [-0.39, 0.29) is 5.75 Å². The quantitative estimate of drug-likeness (QED) is 0.788. The van der Waals surface area contributed by atoms with E-state index in [2.05, 4.69) is 27.0 Å². The highest BCUT2D eigenvalue weighted by molar-refractivity contribution is 9.10. The molecule has 3 nitrogen and oxygen atoms in total. The van der Waals surface area contributed by atoms with Crippen LogP contribution in [-0.2, 0) is 6.42 Å². The molecule has 0 saturated heterocycles. The van der Waals surface area contributed by atoms with Crippen molar-refractivity contribution >= 4 is 21.6 Å². The normalized spacial score (nSPS) is 10.9. The van der Waals surface area contributed by atoms with E-state index in [9.17, 15) is 5.11 Å². The first-order valence-electron chi connectivity index (χ1n) is 5.62. The molecule has 0 fully saturated rings. The van der Waals surface area contributed by atoms with Gasteiger partial charge in [-0.3, -0.25) is 0 Å². The molecule has 0 atom stereocenters. The molecular weight excluding hydrogens is 292 g/mol. The monoisotopic (exact) mass is 302 g/mol. The standard InChI is InChI=1S/C14H11BrN2O/c15-13-4-2-1-3-10(13)7-11-8-17-9-12(18)5-6-14(17)16-11/h1-6,8-9,18H,7H2. The van der Waals surface area contributed by atoms with Crippen LogP contribution >= 0.6 is 15.9 Å². The zero-order valence-corrected chi connectivity index (χ0v) is 11.1. The van der Waals surface area contributed by atoms with Gasteiger partial charge >= 0.3 is 0 Å². The molecule has 0 saturated carbocycles. The minimum absolute atomic E-state index is 0.243. The number of nitrogens with zero attached hydrogens (tertiary/aromatic N) is 2. The van der Waals surface area contributed by atoms with Crippen LogP contribution in [0, 0.1) is 0 Å². The maximum absolute atomic E-state index is 9.42. The first-order valence-corrected chi connectivity index (χ1v) is 6.42. The molecule has 3 aromatic rings. The van der Waals surface area contributed by atoms with Crippen molar-refractivity contribution in [1.29, 1.82) is 0 Å². The van der Waals surface area contributed by atoms with E-state index in [4.69, 9.17) is 0 Å². The number of fused-ring (bicyclic) bond motifs is 1. The van der Waals surface area contributed by atoms with Gasteiger partial charge in [-0.2, -0.15) is 0 Å². The highest BCUT2D eigenvalue weighted by atomic mass is 79.9. The van der Waals surface area contributed by atoms with E-state index in [1.54, 1.807) is 18.3 Å². The third kappa shape index (κ3) is 2.11. The second-order valence-electron chi connectivity index (χ2n) is 4.15. The fourth-order valence-corrected chi connectivity index (χ4v) is 2.38. The first kappa shape index (κ1) is 11.3. The average molecular weight is 303 g/mol. The molecule has 0 aliphatic rings.